The number of ether oxygens (including phenoxy) is 1. The highest BCUT2D eigenvalue weighted by molar-refractivity contribution is 7.99. The maximum Gasteiger partial charge on any atom is 0.313 e. The Labute approximate surface area is 162 Å². The van der Waals surface area contributed by atoms with Gasteiger partial charge in [0.05, 0.1) is 17.7 Å². The third-order valence-corrected chi connectivity index (χ3v) is 6.77. The van der Waals surface area contributed by atoms with E-state index in [1.807, 2.05) is 11.0 Å². The first-order valence-corrected chi connectivity index (χ1v) is 10.3. The van der Waals surface area contributed by atoms with Crippen LogP contribution in [0.4, 0.5) is 11.4 Å². The molecule has 1 saturated heterocycles. The van der Waals surface area contributed by atoms with Crippen LogP contribution in [-0.4, -0.2) is 55.0 Å². The van der Waals surface area contributed by atoms with Gasteiger partial charge in [-0.15, -0.1) is 0 Å². The number of anilines is 2. The SMILES string of the molecule is CO[C@]1(CNC(=O)C(=O)Nc2cc3c4c(c2)CC(=O)N4CCC3)CCSC1. The van der Waals surface area contributed by atoms with Crippen LogP contribution in [-0.2, 0) is 32.0 Å². The van der Waals surface area contributed by atoms with Gasteiger partial charge < -0.3 is 20.3 Å². The third-order valence-electron chi connectivity index (χ3n) is 5.54. The molecule has 3 heterocycles. The molecule has 0 aliphatic carbocycles. The van der Waals surface area contributed by atoms with E-state index < -0.39 is 11.8 Å². The summed E-state index contributed by atoms with van der Waals surface area (Å²) in [7, 11) is 1.64. The van der Waals surface area contributed by atoms with Crippen molar-refractivity contribution in [2.75, 3.05) is 41.9 Å². The lowest BCUT2D eigenvalue weighted by Crippen LogP contribution is -2.47. The van der Waals surface area contributed by atoms with Crippen LogP contribution in [0.2, 0.25) is 0 Å². The molecule has 1 atom stereocenters. The summed E-state index contributed by atoms with van der Waals surface area (Å²) in [6.07, 6.45) is 2.99. The number of carbonyl (C=O) groups is 3. The molecule has 3 amide bonds. The van der Waals surface area contributed by atoms with Crippen LogP contribution in [0.15, 0.2) is 12.1 Å². The van der Waals surface area contributed by atoms with Crippen LogP contribution < -0.4 is 15.5 Å². The van der Waals surface area contributed by atoms with Crippen LogP contribution in [0, 0.1) is 0 Å². The van der Waals surface area contributed by atoms with Crippen LogP contribution >= 0.6 is 11.8 Å². The number of thioether (sulfide) groups is 1. The number of hydrogen-bond donors (Lipinski definition) is 2. The zero-order chi connectivity index (χ0) is 19.0. The summed E-state index contributed by atoms with van der Waals surface area (Å²) in [6, 6.07) is 3.68. The normalized spacial score (nSPS) is 23.3. The molecule has 0 bridgehead atoms. The predicted octanol–water partition coefficient (Wildman–Crippen LogP) is 1.10. The Morgan fingerprint density at radius 3 is 2.85 bits per heavy atom. The van der Waals surface area contributed by atoms with E-state index in [0.29, 0.717) is 18.7 Å². The molecular formula is C19H23N3O4S. The van der Waals surface area contributed by atoms with Crippen molar-refractivity contribution >= 4 is 40.9 Å². The lowest BCUT2D eigenvalue weighted by Gasteiger charge is -2.27. The van der Waals surface area contributed by atoms with Gasteiger partial charge in [0.25, 0.3) is 0 Å². The van der Waals surface area contributed by atoms with Crippen LogP contribution in [0.1, 0.15) is 24.0 Å². The minimum absolute atomic E-state index is 0.103. The molecule has 3 aliphatic rings. The molecule has 3 aliphatic heterocycles. The minimum atomic E-state index is -0.698. The first kappa shape index (κ1) is 18.3. The number of nitrogens with one attached hydrogen (secondary N) is 2. The summed E-state index contributed by atoms with van der Waals surface area (Å²) in [5.41, 5.74) is 3.16. The molecular weight excluding hydrogens is 366 g/mol. The summed E-state index contributed by atoms with van der Waals surface area (Å²) in [4.78, 5) is 38.5. The van der Waals surface area contributed by atoms with Crippen molar-refractivity contribution in [3.8, 4) is 0 Å². The Bertz CT molecular complexity index is 804. The third kappa shape index (κ3) is 3.43. The predicted molar refractivity (Wildman–Crippen MR) is 104 cm³/mol. The van der Waals surface area contributed by atoms with E-state index in [9.17, 15) is 14.4 Å². The molecule has 1 aromatic rings. The Balaban J connectivity index is 1.42. The van der Waals surface area contributed by atoms with Gasteiger partial charge in [0.2, 0.25) is 5.91 Å². The lowest BCUT2D eigenvalue weighted by atomic mass is 9.99. The maximum atomic E-state index is 12.3. The number of aryl methyl sites for hydroxylation is 1. The number of nitrogens with zero attached hydrogens (tertiary/aromatic N) is 1. The summed E-state index contributed by atoms with van der Waals surface area (Å²) >= 11 is 1.78. The molecule has 0 spiro atoms. The van der Waals surface area contributed by atoms with Crippen molar-refractivity contribution < 1.29 is 19.1 Å². The van der Waals surface area contributed by atoms with E-state index >= 15 is 0 Å². The summed E-state index contributed by atoms with van der Waals surface area (Å²) in [6.45, 7) is 1.08. The Morgan fingerprint density at radius 2 is 2.11 bits per heavy atom. The molecule has 0 radical (unpaired) electrons. The standard InChI is InChI=1S/C19H23N3O4S/c1-26-19(4-6-27-11-19)10-20-17(24)18(25)21-14-7-12-3-2-5-22-15(23)9-13(8-14)16(12)22/h7-8H,2-6,9-11H2,1H3,(H,20,24)(H,21,25)/t19-/m0/s1. The van der Waals surface area contributed by atoms with Gasteiger partial charge in [-0.05, 0) is 48.3 Å². The van der Waals surface area contributed by atoms with E-state index in [1.54, 1.807) is 24.9 Å². The number of carbonyl (C=O) groups excluding carboxylic acids is 3. The second-order valence-corrected chi connectivity index (χ2v) is 8.40. The van der Waals surface area contributed by atoms with E-state index in [4.69, 9.17) is 4.74 Å². The largest absolute Gasteiger partial charge is 0.376 e. The van der Waals surface area contributed by atoms with Crippen molar-refractivity contribution in [3.05, 3.63) is 23.3 Å². The topological polar surface area (TPSA) is 87.7 Å². The molecule has 1 fully saturated rings. The van der Waals surface area contributed by atoms with Crippen LogP contribution in [0.5, 0.6) is 0 Å². The van der Waals surface area contributed by atoms with Gasteiger partial charge in [0, 0.05) is 31.6 Å². The number of benzene rings is 1. The van der Waals surface area contributed by atoms with Crippen molar-refractivity contribution in [1.29, 1.82) is 0 Å². The van der Waals surface area contributed by atoms with Gasteiger partial charge in [-0.3, -0.25) is 14.4 Å². The second-order valence-electron chi connectivity index (χ2n) is 7.30. The van der Waals surface area contributed by atoms with Crippen molar-refractivity contribution in [1.82, 2.24) is 5.32 Å². The van der Waals surface area contributed by atoms with Crippen LogP contribution in [0.25, 0.3) is 0 Å². The molecule has 1 aromatic carbocycles. The quantitative estimate of drug-likeness (QED) is 0.753. The molecule has 0 saturated carbocycles. The highest BCUT2D eigenvalue weighted by Crippen LogP contribution is 2.38. The van der Waals surface area contributed by atoms with Crippen LogP contribution in [0.3, 0.4) is 0 Å². The average molecular weight is 389 g/mol. The van der Waals surface area contributed by atoms with Gasteiger partial charge in [-0.25, -0.2) is 0 Å². The molecule has 2 N–H and O–H groups in total. The zero-order valence-corrected chi connectivity index (χ0v) is 16.1. The lowest BCUT2D eigenvalue weighted by molar-refractivity contribution is -0.136. The van der Waals surface area contributed by atoms with Gasteiger partial charge in [0.1, 0.15) is 0 Å². The smallest absolute Gasteiger partial charge is 0.313 e. The summed E-state index contributed by atoms with van der Waals surface area (Å²) < 4.78 is 5.55. The number of methoxy groups -OCH3 is 1. The average Bonchev–Trinajstić information content (AvgIpc) is 3.26. The fraction of sp³-hybridized carbons (Fsp3) is 0.526. The van der Waals surface area contributed by atoms with Gasteiger partial charge in [0.15, 0.2) is 0 Å². The van der Waals surface area contributed by atoms with E-state index in [-0.39, 0.29) is 11.5 Å². The molecule has 0 aromatic heterocycles. The number of amides is 3. The Hall–Kier alpha value is -2.06. The molecule has 4 rings (SSSR count). The highest BCUT2D eigenvalue weighted by Gasteiger charge is 2.35. The molecule has 0 unspecified atom stereocenters. The molecule has 7 nitrogen and oxygen atoms in total. The fourth-order valence-corrected chi connectivity index (χ4v) is 5.42. The first-order chi connectivity index (χ1) is 13.0. The first-order valence-electron chi connectivity index (χ1n) is 9.20. The van der Waals surface area contributed by atoms with E-state index in [0.717, 1.165) is 54.1 Å². The fourth-order valence-electron chi connectivity index (χ4n) is 4.02. The summed E-state index contributed by atoms with van der Waals surface area (Å²) in [5.74, 6) is 0.533. The Morgan fingerprint density at radius 1 is 1.30 bits per heavy atom. The van der Waals surface area contributed by atoms with Gasteiger partial charge in [-0.1, -0.05) is 0 Å². The van der Waals surface area contributed by atoms with E-state index in [2.05, 4.69) is 10.6 Å². The van der Waals surface area contributed by atoms with Gasteiger partial charge >= 0.3 is 11.8 Å². The number of rotatable bonds is 4. The van der Waals surface area contributed by atoms with Crippen molar-refractivity contribution in [3.63, 3.8) is 0 Å². The second kappa shape index (κ2) is 7.16. The van der Waals surface area contributed by atoms with Crippen molar-refractivity contribution in [2.24, 2.45) is 0 Å². The minimum Gasteiger partial charge on any atom is -0.376 e. The Kier molecular flexibility index (Phi) is 4.86. The highest BCUT2D eigenvalue weighted by atomic mass is 32.2. The van der Waals surface area contributed by atoms with Gasteiger partial charge in [-0.2, -0.15) is 11.8 Å². The maximum absolute atomic E-state index is 12.3. The number of hydrogen-bond acceptors (Lipinski definition) is 5. The summed E-state index contributed by atoms with van der Waals surface area (Å²) in [5, 5.41) is 5.37. The molecule has 8 heteroatoms. The van der Waals surface area contributed by atoms with E-state index in [1.165, 1.54) is 0 Å². The zero-order valence-electron chi connectivity index (χ0n) is 15.3. The molecule has 27 heavy (non-hydrogen) atoms. The monoisotopic (exact) mass is 389 g/mol. The molecule has 144 valence electrons. The van der Waals surface area contributed by atoms with Crippen molar-refractivity contribution in [2.45, 2.75) is 31.3 Å².